The fraction of sp³-hybridized carbons (Fsp3) is 1.00. The van der Waals surface area contributed by atoms with Crippen LogP contribution in [0.25, 0.3) is 0 Å². The first-order chi connectivity index (χ1) is 12.5. The SMILES string of the molecule is OCC(CO)O[C@H]1CC[C@@H](CO[C@H]2CC(O)[C@@H](O)C(CO)O2)C(CO)O1. The predicted octanol–water partition coefficient (Wildman–Crippen LogP) is -2.68. The van der Waals surface area contributed by atoms with Gasteiger partial charge < -0.3 is 49.6 Å². The maximum absolute atomic E-state index is 9.81. The van der Waals surface area contributed by atoms with E-state index in [2.05, 4.69) is 0 Å². The van der Waals surface area contributed by atoms with E-state index in [9.17, 15) is 20.4 Å². The molecule has 10 nitrogen and oxygen atoms in total. The molecule has 0 saturated carbocycles. The number of aliphatic hydroxyl groups excluding tert-OH is 6. The van der Waals surface area contributed by atoms with E-state index < -0.39 is 49.7 Å². The molecule has 0 aromatic carbocycles. The first-order valence-electron chi connectivity index (χ1n) is 8.89. The van der Waals surface area contributed by atoms with Crippen LogP contribution in [-0.4, -0.2) is 107 Å². The second-order valence-corrected chi connectivity index (χ2v) is 6.66. The van der Waals surface area contributed by atoms with Crippen LogP contribution in [0.1, 0.15) is 19.3 Å². The van der Waals surface area contributed by atoms with Gasteiger partial charge in [0.05, 0.1) is 45.2 Å². The van der Waals surface area contributed by atoms with E-state index in [1.165, 1.54) is 0 Å². The summed E-state index contributed by atoms with van der Waals surface area (Å²) in [5, 5.41) is 56.4. The van der Waals surface area contributed by atoms with Crippen molar-refractivity contribution < 1.29 is 49.6 Å². The van der Waals surface area contributed by atoms with Crippen LogP contribution in [0.15, 0.2) is 0 Å². The second kappa shape index (κ2) is 10.8. The van der Waals surface area contributed by atoms with Gasteiger partial charge in [-0.25, -0.2) is 0 Å². The summed E-state index contributed by atoms with van der Waals surface area (Å²) in [5.74, 6) is -0.137. The van der Waals surface area contributed by atoms with Gasteiger partial charge in [-0.15, -0.1) is 0 Å². The highest BCUT2D eigenvalue weighted by Crippen LogP contribution is 2.28. The van der Waals surface area contributed by atoms with Gasteiger partial charge in [-0.05, 0) is 12.8 Å². The van der Waals surface area contributed by atoms with Crippen molar-refractivity contribution in [3.63, 3.8) is 0 Å². The summed E-state index contributed by atoms with van der Waals surface area (Å²) in [6.07, 6.45) is -4.58. The van der Waals surface area contributed by atoms with Crippen LogP contribution in [0.2, 0.25) is 0 Å². The van der Waals surface area contributed by atoms with Crippen molar-refractivity contribution in [3.05, 3.63) is 0 Å². The predicted molar refractivity (Wildman–Crippen MR) is 85.8 cm³/mol. The van der Waals surface area contributed by atoms with Crippen molar-refractivity contribution in [2.75, 3.05) is 33.0 Å². The van der Waals surface area contributed by atoms with Gasteiger partial charge >= 0.3 is 0 Å². The molecule has 26 heavy (non-hydrogen) atoms. The fourth-order valence-corrected chi connectivity index (χ4v) is 3.16. The molecule has 3 unspecified atom stereocenters. The molecule has 6 N–H and O–H groups in total. The van der Waals surface area contributed by atoms with E-state index >= 15 is 0 Å². The molecule has 0 aromatic heterocycles. The van der Waals surface area contributed by atoms with Gasteiger partial charge in [0.1, 0.15) is 18.3 Å². The van der Waals surface area contributed by atoms with Crippen LogP contribution in [0.5, 0.6) is 0 Å². The normalized spacial score (nSPS) is 38.7. The summed E-state index contributed by atoms with van der Waals surface area (Å²) in [4.78, 5) is 0. The van der Waals surface area contributed by atoms with Crippen molar-refractivity contribution in [2.45, 2.75) is 62.4 Å². The fourth-order valence-electron chi connectivity index (χ4n) is 3.16. The molecule has 7 atom stereocenters. The van der Waals surface area contributed by atoms with Crippen molar-refractivity contribution >= 4 is 0 Å². The molecule has 0 amide bonds. The monoisotopic (exact) mass is 382 g/mol. The van der Waals surface area contributed by atoms with Crippen LogP contribution in [0, 0.1) is 5.92 Å². The Labute approximate surface area is 151 Å². The molecule has 2 heterocycles. The van der Waals surface area contributed by atoms with E-state index in [1.807, 2.05) is 0 Å². The summed E-state index contributed by atoms with van der Waals surface area (Å²) in [5.41, 5.74) is 0. The first-order valence-corrected chi connectivity index (χ1v) is 8.89. The molecule has 0 spiro atoms. The largest absolute Gasteiger partial charge is 0.394 e. The van der Waals surface area contributed by atoms with E-state index in [4.69, 9.17) is 29.2 Å². The molecule has 2 rings (SSSR count). The van der Waals surface area contributed by atoms with Gasteiger partial charge in [0.25, 0.3) is 0 Å². The van der Waals surface area contributed by atoms with Crippen LogP contribution < -0.4 is 0 Å². The van der Waals surface area contributed by atoms with E-state index in [-0.39, 0.29) is 38.8 Å². The standard InChI is InChI=1S/C16H30O10/c17-4-10(5-18)24-14-2-1-9(12(6-19)25-14)8-23-15-3-11(21)16(22)13(7-20)26-15/h9-22H,1-8H2/t9-,11?,12?,13?,14+,15+,16+/m0/s1. The average molecular weight is 382 g/mol. The third kappa shape index (κ3) is 5.80. The molecule has 0 radical (unpaired) electrons. The van der Waals surface area contributed by atoms with E-state index in [0.717, 1.165) is 0 Å². The molecule has 0 aliphatic carbocycles. The maximum atomic E-state index is 9.81. The minimum absolute atomic E-state index is 0.0788. The third-order valence-electron chi connectivity index (χ3n) is 4.77. The van der Waals surface area contributed by atoms with Crippen LogP contribution in [0.3, 0.4) is 0 Å². The average Bonchev–Trinajstić information content (AvgIpc) is 2.67. The Kier molecular flexibility index (Phi) is 9.10. The third-order valence-corrected chi connectivity index (χ3v) is 4.77. The smallest absolute Gasteiger partial charge is 0.160 e. The number of hydrogen-bond acceptors (Lipinski definition) is 10. The van der Waals surface area contributed by atoms with Gasteiger partial charge in [-0.1, -0.05) is 0 Å². The molecule has 2 saturated heterocycles. The van der Waals surface area contributed by atoms with E-state index in [0.29, 0.717) is 12.8 Å². The van der Waals surface area contributed by atoms with Gasteiger partial charge in [-0.3, -0.25) is 0 Å². The second-order valence-electron chi connectivity index (χ2n) is 6.66. The van der Waals surface area contributed by atoms with E-state index in [1.54, 1.807) is 0 Å². The summed E-state index contributed by atoms with van der Waals surface area (Å²) in [7, 11) is 0. The minimum atomic E-state index is -1.16. The lowest BCUT2D eigenvalue weighted by atomic mass is 9.94. The highest BCUT2D eigenvalue weighted by Gasteiger charge is 2.38. The first kappa shape index (κ1) is 21.9. The summed E-state index contributed by atoms with van der Waals surface area (Å²) in [6, 6.07) is 0. The Balaban J connectivity index is 1.80. The van der Waals surface area contributed by atoms with Crippen molar-refractivity contribution in [1.82, 2.24) is 0 Å². The van der Waals surface area contributed by atoms with Gasteiger partial charge in [0.2, 0.25) is 0 Å². The summed E-state index contributed by atoms with van der Waals surface area (Å²) < 4.78 is 22.2. The molecule has 10 heteroatoms. The van der Waals surface area contributed by atoms with Crippen LogP contribution >= 0.6 is 0 Å². The molecule has 154 valence electrons. The Morgan fingerprint density at radius 3 is 2.15 bits per heavy atom. The summed E-state index contributed by atoms with van der Waals surface area (Å²) >= 11 is 0. The lowest BCUT2D eigenvalue weighted by molar-refractivity contribution is -0.275. The molecule has 0 aromatic rings. The van der Waals surface area contributed by atoms with Crippen molar-refractivity contribution in [2.24, 2.45) is 5.92 Å². The minimum Gasteiger partial charge on any atom is -0.394 e. The van der Waals surface area contributed by atoms with Crippen LogP contribution in [-0.2, 0) is 18.9 Å². The highest BCUT2D eigenvalue weighted by atomic mass is 16.7. The summed E-state index contributed by atoms with van der Waals surface area (Å²) in [6.45, 7) is -1.13. The lowest BCUT2D eigenvalue weighted by Gasteiger charge is -2.39. The zero-order chi connectivity index (χ0) is 19.1. The molecule has 0 bridgehead atoms. The van der Waals surface area contributed by atoms with Gasteiger partial charge in [-0.2, -0.15) is 0 Å². The molecule has 2 aliphatic rings. The van der Waals surface area contributed by atoms with Gasteiger partial charge in [0, 0.05) is 12.3 Å². The maximum Gasteiger partial charge on any atom is 0.160 e. The lowest BCUT2D eigenvalue weighted by Crippen LogP contribution is -2.51. The Morgan fingerprint density at radius 1 is 0.885 bits per heavy atom. The van der Waals surface area contributed by atoms with Crippen molar-refractivity contribution in [1.29, 1.82) is 0 Å². The molecule has 2 aliphatic heterocycles. The number of aliphatic hydroxyl groups is 6. The Bertz CT molecular complexity index is 393. The highest BCUT2D eigenvalue weighted by molar-refractivity contribution is 4.83. The Morgan fingerprint density at radius 2 is 1.54 bits per heavy atom. The number of rotatable bonds is 9. The zero-order valence-corrected chi connectivity index (χ0v) is 14.6. The number of ether oxygens (including phenoxy) is 4. The van der Waals surface area contributed by atoms with Crippen molar-refractivity contribution in [3.8, 4) is 0 Å². The topological polar surface area (TPSA) is 158 Å². The zero-order valence-electron chi connectivity index (χ0n) is 14.6. The Hall–Kier alpha value is -0.400. The van der Waals surface area contributed by atoms with Crippen LogP contribution in [0.4, 0.5) is 0 Å². The molecule has 2 fully saturated rings. The van der Waals surface area contributed by atoms with Gasteiger partial charge in [0.15, 0.2) is 12.6 Å². The molecular weight excluding hydrogens is 352 g/mol. The quantitative estimate of drug-likeness (QED) is 0.248. The molecular formula is C16H30O10. The number of hydrogen-bond donors (Lipinski definition) is 6.